The summed E-state index contributed by atoms with van der Waals surface area (Å²) in [5, 5.41) is 3.39. The van der Waals surface area contributed by atoms with Gasteiger partial charge in [-0.15, -0.1) is 23.7 Å². The molecule has 0 spiro atoms. The van der Waals surface area contributed by atoms with Crippen LogP contribution in [-0.4, -0.2) is 13.1 Å². The minimum atomic E-state index is 0. The molecule has 0 amide bonds. The van der Waals surface area contributed by atoms with Crippen molar-refractivity contribution in [1.82, 2.24) is 5.32 Å². The van der Waals surface area contributed by atoms with E-state index in [2.05, 4.69) is 24.4 Å². The fourth-order valence-corrected chi connectivity index (χ4v) is 3.25. The summed E-state index contributed by atoms with van der Waals surface area (Å²) in [6.07, 6.45) is 3.57. The Morgan fingerprint density at radius 3 is 2.69 bits per heavy atom. The van der Waals surface area contributed by atoms with Gasteiger partial charge in [0.2, 0.25) is 0 Å². The number of rotatable bonds is 3. The van der Waals surface area contributed by atoms with Crippen LogP contribution >= 0.6 is 23.7 Å². The highest BCUT2D eigenvalue weighted by Crippen LogP contribution is 2.31. The lowest BCUT2D eigenvalue weighted by Gasteiger charge is -2.27. The maximum Gasteiger partial charge on any atom is 0.0419 e. The number of hydrogen-bond donors (Lipinski definition) is 2. The first kappa shape index (κ1) is 14.0. The molecule has 0 aliphatic carbocycles. The zero-order valence-electron chi connectivity index (χ0n) is 9.74. The van der Waals surface area contributed by atoms with Crippen LogP contribution in [0.3, 0.4) is 0 Å². The first-order valence-electron chi connectivity index (χ1n) is 5.86. The molecule has 2 rings (SSSR count). The summed E-state index contributed by atoms with van der Waals surface area (Å²) < 4.78 is 0. The van der Waals surface area contributed by atoms with Crippen LogP contribution in [0.4, 0.5) is 0 Å². The van der Waals surface area contributed by atoms with E-state index in [1.54, 1.807) is 0 Å². The molecule has 2 heterocycles. The SMILES string of the molecule is CCc1ccc([C@H](N)C2CCNCC2)s1.Cl. The summed E-state index contributed by atoms with van der Waals surface area (Å²) in [6, 6.07) is 4.70. The predicted octanol–water partition coefficient (Wildman–Crippen LogP) is 2.73. The first-order chi connectivity index (χ1) is 7.31. The monoisotopic (exact) mass is 260 g/mol. The van der Waals surface area contributed by atoms with Crippen LogP contribution < -0.4 is 11.1 Å². The van der Waals surface area contributed by atoms with Gasteiger partial charge in [-0.1, -0.05) is 6.92 Å². The van der Waals surface area contributed by atoms with Gasteiger partial charge in [-0.25, -0.2) is 0 Å². The van der Waals surface area contributed by atoms with Crippen molar-refractivity contribution in [2.24, 2.45) is 11.7 Å². The van der Waals surface area contributed by atoms with Crippen molar-refractivity contribution in [2.45, 2.75) is 32.2 Å². The van der Waals surface area contributed by atoms with Gasteiger partial charge in [-0.2, -0.15) is 0 Å². The molecule has 0 aromatic carbocycles. The van der Waals surface area contributed by atoms with Crippen LogP contribution in [0.2, 0.25) is 0 Å². The molecule has 1 aliphatic rings. The van der Waals surface area contributed by atoms with Crippen LogP contribution in [0, 0.1) is 5.92 Å². The molecule has 1 fully saturated rings. The van der Waals surface area contributed by atoms with E-state index in [4.69, 9.17) is 5.73 Å². The Kier molecular flexibility index (Phi) is 5.76. The first-order valence-corrected chi connectivity index (χ1v) is 6.68. The van der Waals surface area contributed by atoms with Gasteiger partial charge in [0.05, 0.1) is 0 Å². The van der Waals surface area contributed by atoms with Gasteiger partial charge < -0.3 is 11.1 Å². The summed E-state index contributed by atoms with van der Waals surface area (Å²) in [5.74, 6) is 0.676. The lowest BCUT2D eigenvalue weighted by Crippen LogP contribution is -2.33. The Labute approximate surface area is 108 Å². The Morgan fingerprint density at radius 1 is 1.44 bits per heavy atom. The standard InChI is InChI=1S/C12H20N2S.ClH/c1-2-10-3-4-11(15-10)12(13)9-5-7-14-8-6-9;/h3-4,9,12,14H,2,5-8,13H2,1H3;1H/t12-;/m1./s1. The summed E-state index contributed by atoms with van der Waals surface area (Å²) in [5.41, 5.74) is 6.32. The lowest BCUT2D eigenvalue weighted by molar-refractivity contribution is 0.325. The molecule has 0 unspecified atom stereocenters. The third kappa shape index (κ3) is 3.20. The van der Waals surface area contributed by atoms with E-state index in [1.807, 2.05) is 11.3 Å². The minimum absolute atomic E-state index is 0. The summed E-state index contributed by atoms with van der Waals surface area (Å²) >= 11 is 1.89. The van der Waals surface area contributed by atoms with Crippen molar-refractivity contribution in [2.75, 3.05) is 13.1 Å². The molecule has 1 aromatic heterocycles. The third-order valence-corrected chi connectivity index (χ3v) is 4.58. The molecule has 92 valence electrons. The van der Waals surface area contributed by atoms with Crippen LogP contribution in [0.25, 0.3) is 0 Å². The fourth-order valence-electron chi connectivity index (χ4n) is 2.20. The average Bonchev–Trinajstić information content (AvgIpc) is 2.78. The third-order valence-electron chi connectivity index (χ3n) is 3.25. The number of halogens is 1. The Hall–Kier alpha value is -0.0900. The lowest BCUT2D eigenvalue weighted by atomic mass is 9.90. The second-order valence-electron chi connectivity index (χ2n) is 4.27. The van der Waals surface area contributed by atoms with Gasteiger partial charge in [0.1, 0.15) is 0 Å². The van der Waals surface area contributed by atoms with E-state index in [1.165, 1.54) is 22.6 Å². The van der Waals surface area contributed by atoms with E-state index in [0.717, 1.165) is 19.5 Å². The van der Waals surface area contributed by atoms with Crippen molar-refractivity contribution in [3.05, 3.63) is 21.9 Å². The maximum atomic E-state index is 6.32. The minimum Gasteiger partial charge on any atom is -0.323 e. The second kappa shape index (κ2) is 6.60. The highest BCUT2D eigenvalue weighted by Gasteiger charge is 2.22. The van der Waals surface area contributed by atoms with Crippen molar-refractivity contribution in [1.29, 1.82) is 0 Å². The number of hydrogen-bond acceptors (Lipinski definition) is 3. The highest BCUT2D eigenvalue weighted by atomic mass is 35.5. The molecular weight excluding hydrogens is 240 g/mol. The molecule has 1 aliphatic heterocycles. The summed E-state index contributed by atoms with van der Waals surface area (Å²) in [6.45, 7) is 4.46. The van der Waals surface area contributed by atoms with Gasteiger partial charge in [0.25, 0.3) is 0 Å². The molecule has 2 nitrogen and oxygen atoms in total. The zero-order valence-corrected chi connectivity index (χ0v) is 11.4. The second-order valence-corrected chi connectivity index (χ2v) is 5.47. The normalized spacial score (nSPS) is 19.1. The molecule has 0 radical (unpaired) electrons. The average molecular weight is 261 g/mol. The highest BCUT2D eigenvalue weighted by molar-refractivity contribution is 7.12. The molecule has 0 saturated carbocycles. The van der Waals surface area contributed by atoms with Crippen LogP contribution in [0.1, 0.15) is 35.6 Å². The van der Waals surface area contributed by atoms with Gasteiger partial charge in [0, 0.05) is 15.8 Å². The number of nitrogens with one attached hydrogen (secondary N) is 1. The Balaban J connectivity index is 0.00000128. The molecule has 3 N–H and O–H groups in total. The molecule has 1 saturated heterocycles. The number of piperidine rings is 1. The predicted molar refractivity (Wildman–Crippen MR) is 73.5 cm³/mol. The Morgan fingerprint density at radius 2 is 2.12 bits per heavy atom. The number of thiophene rings is 1. The molecule has 1 aromatic rings. The van der Waals surface area contributed by atoms with Crippen LogP contribution in [0.5, 0.6) is 0 Å². The maximum absolute atomic E-state index is 6.32. The smallest absolute Gasteiger partial charge is 0.0419 e. The van der Waals surface area contributed by atoms with Crippen molar-refractivity contribution >= 4 is 23.7 Å². The van der Waals surface area contributed by atoms with E-state index >= 15 is 0 Å². The van der Waals surface area contributed by atoms with Gasteiger partial charge in [0.15, 0.2) is 0 Å². The molecule has 1 atom stereocenters. The van der Waals surface area contributed by atoms with Crippen LogP contribution in [0.15, 0.2) is 12.1 Å². The summed E-state index contributed by atoms with van der Waals surface area (Å²) in [7, 11) is 0. The van der Waals surface area contributed by atoms with E-state index in [9.17, 15) is 0 Å². The van der Waals surface area contributed by atoms with E-state index in [-0.39, 0.29) is 18.4 Å². The number of aryl methyl sites for hydroxylation is 1. The van der Waals surface area contributed by atoms with Crippen LogP contribution in [-0.2, 0) is 6.42 Å². The zero-order chi connectivity index (χ0) is 10.7. The topological polar surface area (TPSA) is 38.0 Å². The van der Waals surface area contributed by atoms with Crippen molar-refractivity contribution < 1.29 is 0 Å². The molecule has 0 bridgehead atoms. The van der Waals surface area contributed by atoms with E-state index < -0.39 is 0 Å². The van der Waals surface area contributed by atoms with Gasteiger partial charge in [-0.05, 0) is 50.4 Å². The molecule has 16 heavy (non-hydrogen) atoms. The Bertz CT molecular complexity index is 308. The van der Waals surface area contributed by atoms with Gasteiger partial charge in [-0.3, -0.25) is 0 Å². The quantitative estimate of drug-likeness (QED) is 0.877. The summed E-state index contributed by atoms with van der Waals surface area (Å²) in [4.78, 5) is 2.83. The van der Waals surface area contributed by atoms with E-state index in [0.29, 0.717) is 5.92 Å². The van der Waals surface area contributed by atoms with Crippen molar-refractivity contribution in [3.8, 4) is 0 Å². The fraction of sp³-hybridized carbons (Fsp3) is 0.667. The molecular formula is C12H21ClN2S. The number of nitrogens with two attached hydrogens (primary N) is 1. The molecule has 4 heteroatoms. The van der Waals surface area contributed by atoms with Crippen molar-refractivity contribution in [3.63, 3.8) is 0 Å². The van der Waals surface area contributed by atoms with Gasteiger partial charge >= 0.3 is 0 Å². The largest absolute Gasteiger partial charge is 0.323 e.